The van der Waals surface area contributed by atoms with E-state index in [1.165, 1.54) is 12.1 Å². The van der Waals surface area contributed by atoms with Crippen molar-refractivity contribution in [1.29, 1.82) is 0 Å². The maximum Gasteiger partial charge on any atom is 0.252 e. The predicted molar refractivity (Wildman–Crippen MR) is 68.3 cm³/mol. The summed E-state index contributed by atoms with van der Waals surface area (Å²) in [5.74, 6) is -0.626. The molecular weight excluding hydrogens is 285 g/mol. The first-order chi connectivity index (χ1) is 8.16. The average molecular weight is 298 g/mol. The first kappa shape index (κ1) is 12.3. The van der Waals surface area contributed by atoms with Crippen LogP contribution in [-0.2, 0) is 0 Å². The first-order valence-electron chi connectivity index (χ1n) is 5.58. The lowest BCUT2D eigenvalue weighted by Crippen LogP contribution is -2.35. The Bertz CT molecular complexity index is 459. The van der Waals surface area contributed by atoms with E-state index in [2.05, 4.69) is 33.4 Å². The molecule has 4 heteroatoms. The normalized spacial score (nSPS) is 19.1. The minimum absolute atomic E-state index is 0.155. The highest BCUT2D eigenvalue weighted by atomic mass is 79.9. The Labute approximate surface area is 108 Å². The number of benzene rings is 1. The highest BCUT2D eigenvalue weighted by molar-refractivity contribution is 9.10. The van der Waals surface area contributed by atoms with Crippen LogP contribution in [0.25, 0.3) is 0 Å². The topological polar surface area (TPSA) is 29.1 Å². The van der Waals surface area contributed by atoms with E-state index < -0.39 is 5.82 Å². The van der Waals surface area contributed by atoms with Gasteiger partial charge < -0.3 is 5.32 Å². The number of hydrogen-bond acceptors (Lipinski definition) is 1. The van der Waals surface area contributed by atoms with E-state index in [-0.39, 0.29) is 11.9 Å². The molecule has 1 aromatic carbocycles. The Morgan fingerprint density at radius 2 is 2.24 bits per heavy atom. The summed E-state index contributed by atoms with van der Waals surface area (Å²) in [7, 11) is 0. The molecule has 0 aliphatic heterocycles. The average Bonchev–Trinajstić information content (AvgIpc) is 2.33. The van der Waals surface area contributed by atoms with Gasteiger partial charge in [-0.05, 0) is 53.4 Å². The summed E-state index contributed by atoms with van der Waals surface area (Å²) in [4.78, 5) is 12.0. The van der Waals surface area contributed by atoms with E-state index in [1.807, 2.05) is 0 Å². The van der Waals surface area contributed by atoms with Gasteiger partial charge in [-0.15, -0.1) is 0 Å². The van der Waals surface area contributed by atoms with E-state index in [0.717, 1.165) is 19.3 Å². The van der Waals surface area contributed by atoms with Crippen molar-refractivity contribution in [3.05, 3.63) is 46.2 Å². The molecule has 90 valence electrons. The molecular formula is C13H13BrFNO. The smallest absolute Gasteiger partial charge is 0.252 e. The van der Waals surface area contributed by atoms with Crippen LogP contribution in [0.4, 0.5) is 4.39 Å². The second kappa shape index (κ2) is 5.45. The lowest BCUT2D eigenvalue weighted by atomic mass is 10.0. The van der Waals surface area contributed by atoms with Crippen LogP contribution in [0, 0.1) is 5.82 Å². The second-order valence-corrected chi connectivity index (χ2v) is 4.93. The summed E-state index contributed by atoms with van der Waals surface area (Å²) < 4.78 is 13.7. The number of allylic oxidation sites excluding steroid dienone is 1. The molecule has 1 aliphatic carbocycles. The Hall–Kier alpha value is -1.16. The molecule has 17 heavy (non-hydrogen) atoms. The Balaban J connectivity index is 2.08. The maximum atomic E-state index is 13.1. The number of carbonyl (C=O) groups is 1. The van der Waals surface area contributed by atoms with Gasteiger partial charge in [0.15, 0.2) is 0 Å². The van der Waals surface area contributed by atoms with Crippen molar-refractivity contribution >= 4 is 21.8 Å². The van der Waals surface area contributed by atoms with Gasteiger partial charge in [-0.25, -0.2) is 4.39 Å². The van der Waals surface area contributed by atoms with Crippen molar-refractivity contribution in [3.63, 3.8) is 0 Å². The van der Waals surface area contributed by atoms with Gasteiger partial charge in [0.25, 0.3) is 5.91 Å². The third kappa shape index (κ3) is 3.16. The van der Waals surface area contributed by atoms with Crippen molar-refractivity contribution in [2.75, 3.05) is 0 Å². The largest absolute Gasteiger partial charge is 0.349 e. The number of rotatable bonds is 2. The third-order valence-corrected chi connectivity index (χ3v) is 3.47. The quantitative estimate of drug-likeness (QED) is 0.833. The second-order valence-electron chi connectivity index (χ2n) is 4.08. The van der Waals surface area contributed by atoms with Crippen molar-refractivity contribution in [1.82, 2.24) is 5.32 Å². The van der Waals surface area contributed by atoms with Gasteiger partial charge in [0, 0.05) is 10.5 Å². The molecule has 1 aliphatic rings. The predicted octanol–water partition coefficient (Wildman–Crippen LogP) is 3.43. The van der Waals surface area contributed by atoms with E-state index >= 15 is 0 Å². The molecule has 1 unspecified atom stereocenters. The van der Waals surface area contributed by atoms with E-state index in [9.17, 15) is 9.18 Å². The molecule has 0 radical (unpaired) electrons. The summed E-state index contributed by atoms with van der Waals surface area (Å²) in [6.07, 6.45) is 6.94. The van der Waals surface area contributed by atoms with Gasteiger partial charge in [-0.1, -0.05) is 12.2 Å². The maximum absolute atomic E-state index is 13.1. The molecule has 2 rings (SSSR count). The number of halogens is 2. The molecule has 2 nitrogen and oxygen atoms in total. The van der Waals surface area contributed by atoms with E-state index in [1.54, 1.807) is 6.07 Å². The van der Waals surface area contributed by atoms with Crippen LogP contribution >= 0.6 is 15.9 Å². The van der Waals surface area contributed by atoms with Crippen LogP contribution in [0.2, 0.25) is 0 Å². The van der Waals surface area contributed by atoms with Crippen molar-refractivity contribution < 1.29 is 9.18 Å². The molecule has 1 N–H and O–H groups in total. The Kier molecular flexibility index (Phi) is 3.94. The first-order valence-corrected chi connectivity index (χ1v) is 6.37. The van der Waals surface area contributed by atoms with E-state index in [4.69, 9.17) is 0 Å². The molecule has 0 saturated carbocycles. The minimum Gasteiger partial charge on any atom is -0.349 e. The zero-order valence-corrected chi connectivity index (χ0v) is 10.8. The Morgan fingerprint density at radius 1 is 1.41 bits per heavy atom. The summed E-state index contributed by atoms with van der Waals surface area (Å²) >= 11 is 3.25. The Morgan fingerprint density at radius 3 is 2.94 bits per heavy atom. The highest BCUT2D eigenvalue weighted by Gasteiger charge is 2.16. The zero-order valence-electron chi connectivity index (χ0n) is 9.25. The van der Waals surface area contributed by atoms with Crippen LogP contribution in [0.3, 0.4) is 0 Å². The van der Waals surface area contributed by atoms with Crippen LogP contribution in [0.15, 0.2) is 34.8 Å². The third-order valence-electron chi connectivity index (χ3n) is 2.78. The van der Waals surface area contributed by atoms with Gasteiger partial charge in [0.05, 0.1) is 5.56 Å². The van der Waals surface area contributed by atoms with Crippen molar-refractivity contribution in [2.24, 2.45) is 0 Å². The standard InChI is InChI=1S/C13H13BrFNO/c14-12-7-6-9(15)8-11(12)13(17)16-10-4-2-1-3-5-10/h1-2,6-8,10H,3-5H2,(H,16,17). The number of amides is 1. The van der Waals surface area contributed by atoms with Crippen LogP contribution in [0.5, 0.6) is 0 Å². The fourth-order valence-electron chi connectivity index (χ4n) is 1.86. The van der Waals surface area contributed by atoms with Gasteiger partial charge in [-0.2, -0.15) is 0 Å². The minimum atomic E-state index is -0.401. The molecule has 1 atom stereocenters. The summed E-state index contributed by atoms with van der Waals surface area (Å²) in [6, 6.07) is 4.27. The molecule has 1 aromatic rings. The van der Waals surface area contributed by atoms with Crippen molar-refractivity contribution in [3.8, 4) is 0 Å². The van der Waals surface area contributed by atoms with Gasteiger partial charge in [0.2, 0.25) is 0 Å². The highest BCUT2D eigenvalue weighted by Crippen LogP contribution is 2.19. The van der Waals surface area contributed by atoms with Crippen LogP contribution in [0.1, 0.15) is 29.6 Å². The molecule has 1 amide bonds. The van der Waals surface area contributed by atoms with Gasteiger partial charge in [-0.3, -0.25) is 4.79 Å². The number of hydrogen-bond donors (Lipinski definition) is 1. The lowest BCUT2D eigenvalue weighted by molar-refractivity contribution is 0.0933. The number of nitrogens with one attached hydrogen (secondary N) is 1. The van der Waals surface area contributed by atoms with Crippen LogP contribution in [-0.4, -0.2) is 11.9 Å². The van der Waals surface area contributed by atoms with Crippen molar-refractivity contribution in [2.45, 2.75) is 25.3 Å². The van der Waals surface area contributed by atoms with Crippen LogP contribution < -0.4 is 5.32 Å². The van der Waals surface area contributed by atoms with Gasteiger partial charge >= 0.3 is 0 Å². The molecule has 0 saturated heterocycles. The molecule has 0 fully saturated rings. The molecule has 0 spiro atoms. The summed E-state index contributed by atoms with van der Waals surface area (Å²) in [5.41, 5.74) is 0.347. The summed E-state index contributed by atoms with van der Waals surface area (Å²) in [5, 5.41) is 2.92. The SMILES string of the molecule is O=C(NC1CC=CCC1)c1cc(F)ccc1Br. The number of carbonyl (C=O) groups excluding carboxylic acids is 1. The van der Waals surface area contributed by atoms with E-state index in [0.29, 0.717) is 10.0 Å². The lowest BCUT2D eigenvalue weighted by Gasteiger charge is -2.19. The fraction of sp³-hybridized carbons (Fsp3) is 0.308. The van der Waals surface area contributed by atoms with Gasteiger partial charge in [0.1, 0.15) is 5.82 Å². The summed E-state index contributed by atoms with van der Waals surface area (Å²) in [6.45, 7) is 0. The molecule has 0 aromatic heterocycles. The zero-order chi connectivity index (χ0) is 12.3. The fourth-order valence-corrected chi connectivity index (χ4v) is 2.29. The molecule has 0 bridgehead atoms. The molecule has 0 heterocycles. The monoisotopic (exact) mass is 297 g/mol.